The van der Waals surface area contributed by atoms with Gasteiger partial charge in [0, 0.05) is 24.9 Å². The van der Waals surface area contributed by atoms with Gasteiger partial charge in [-0.1, -0.05) is 29.8 Å². The number of rotatable bonds is 3. The van der Waals surface area contributed by atoms with Crippen molar-refractivity contribution in [3.05, 3.63) is 35.4 Å². The van der Waals surface area contributed by atoms with Crippen LogP contribution < -0.4 is 10.6 Å². The number of aryl methyl sites for hydroxylation is 1. The predicted molar refractivity (Wildman–Crippen MR) is 90.2 cm³/mol. The summed E-state index contributed by atoms with van der Waals surface area (Å²) in [6.45, 7) is 3.38. The van der Waals surface area contributed by atoms with Gasteiger partial charge in [0.05, 0.1) is 5.60 Å². The van der Waals surface area contributed by atoms with Crippen LogP contribution in [0.5, 0.6) is 0 Å². The second-order valence-electron chi connectivity index (χ2n) is 6.34. The first kappa shape index (κ1) is 15.7. The Bertz CT molecular complexity index is 529. The van der Waals surface area contributed by atoms with Crippen LogP contribution >= 0.6 is 11.8 Å². The lowest BCUT2D eigenvalue weighted by molar-refractivity contribution is -0.0684. The number of urea groups is 1. The van der Waals surface area contributed by atoms with Crippen molar-refractivity contribution in [2.24, 2.45) is 0 Å². The number of amides is 2. The van der Waals surface area contributed by atoms with Crippen molar-refractivity contribution in [1.29, 1.82) is 0 Å². The Kier molecular flexibility index (Phi) is 4.93. The first-order valence-corrected chi connectivity index (χ1v) is 9.12. The molecule has 2 fully saturated rings. The molecule has 2 N–H and O–H groups in total. The first-order valence-electron chi connectivity index (χ1n) is 7.97. The minimum atomic E-state index is -0.0748. The predicted octanol–water partition coefficient (Wildman–Crippen LogP) is 2.85. The van der Waals surface area contributed by atoms with Crippen LogP contribution in [0.4, 0.5) is 4.79 Å². The molecule has 0 aliphatic carbocycles. The lowest BCUT2D eigenvalue weighted by atomic mass is 9.90. The van der Waals surface area contributed by atoms with Gasteiger partial charge in [-0.25, -0.2) is 4.79 Å². The van der Waals surface area contributed by atoms with E-state index in [2.05, 4.69) is 29.7 Å². The number of ether oxygens (including phenoxy) is 1. The fourth-order valence-electron chi connectivity index (χ4n) is 3.26. The third kappa shape index (κ3) is 3.96. The maximum atomic E-state index is 12.1. The summed E-state index contributed by atoms with van der Waals surface area (Å²) in [5.41, 5.74) is 2.35. The quantitative estimate of drug-likeness (QED) is 0.900. The van der Waals surface area contributed by atoms with Crippen LogP contribution in [-0.2, 0) is 11.3 Å². The summed E-state index contributed by atoms with van der Waals surface area (Å²) in [6, 6.07) is 8.36. The molecule has 1 aromatic rings. The third-order valence-electron chi connectivity index (χ3n) is 4.43. The normalized spacial score (nSPS) is 27.8. The van der Waals surface area contributed by atoms with Gasteiger partial charge < -0.3 is 15.4 Å². The van der Waals surface area contributed by atoms with E-state index in [1.54, 1.807) is 0 Å². The second-order valence-corrected chi connectivity index (χ2v) is 7.45. The van der Waals surface area contributed by atoms with E-state index in [1.807, 2.05) is 23.9 Å². The Balaban J connectivity index is 1.47. The Morgan fingerprint density at radius 1 is 1.50 bits per heavy atom. The third-order valence-corrected chi connectivity index (χ3v) is 5.65. The van der Waals surface area contributed by atoms with Crippen molar-refractivity contribution in [1.82, 2.24) is 10.6 Å². The van der Waals surface area contributed by atoms with Crippen LogP contribution in [-0.4, -0.2) is 35.8 Å². The smallest absolute Gasteiger partial charge is 0.315 e. The monoisotopic (exact) mass is 320 g/mol. The molecule has 2 atom stereocenters. The minimum absolute atomic E-state index is 0.0113. The number of hydrogen-bond donors (Lipinski definition) is 2. The molecular formula is C17H24N2O2S. The van der Waals surface area contributed by atoms with Gasteiger partial charge in [-0.15, -0.1) is 0 Å². The first-order chi connectivity index (χ1) is 10.7. The van der Waals surface area contributed by atoms with Gasteiger partial charge in [-0.3, -0.25) is 0 Å². The van der Waals surface area contributed by atoms with Gasteiger partial charge in [-0.2, -0.15) is 11.8 Å². The SMILES string of the molecule is Cc1cccc(CNC(=O)NC2CCOC3(CCSC3)C2)c1. The van der Waals surface area contributed by atoms with E-state index in [4.69, 9.17) is 4.74 Å². The molecule has 120 valence electrons. The minimum Gasteiger partial charge on any atom is -0.374 e. The van der Waals surface area contributed by atoms with Gasteiger partial charge in [0.15, 0.2) is 0 Å². The van der Waals surface area contributed by atoms with E-state index >= 15 is 0 Å². The Hall–Kier alpha value is -1.20. The molecule has 2 heterocycles. The van der Waals surface area contributed by atoms with E-state index in [1.165, 1.54) is 11.3 Å². The van der Waals surface area contributed by atoms with Crippen molar-refractivity contribution in [2.75, 3.05) is 18.1 Å². The van der Waals surface area contributed by atoms with E-state index in [0.717, 1.165) is 37.2 Å². The number of nitrogens with one attached hydrogen (secondary N) is 2. The van der Waals surface area contributed by atoms with Crippen molar-refractivity contribution < 1.29 is 9.53 Å². The summed E-state index contributed by atoms with van der Waals surface area (Å²) < 4.78 is 5.99. The van der Waals surface area contributed by atoms with Crippen LogP contribution in [0.25, 0.3) is 0 Å². The number of thioether (sulfide) groups is 1. The Labute approximate surface area is 136 Å². The van der Waals surface area contributed by atoms with Gasteiger partial charge in [0.25, 0.3) is 0 Å². The average molecular weight is 320 g/mol. The summed E-state index contributed by atoms with van der Waals surface area (Å²) >= 11 is 1.96. The number of carbonyl (C=O) groups excluding carboxylic acids is 1. The van der Waals surface area contributed by atoms with Gasteiger partial charge in [-0.05, 0) is 37.5 Å². The Morgan fingerprint density at radius 3 is 3.18 bits per heavy atom. The van der Waals surface area contributed by atoms with Crippen LogP contribution in [0.1, 0.15) is 30.4 Å². The number of carbonyl (C=O) groups is 1. The Morgan fingerprint density at radius 2 is 2.41 bits per heavy atom. The number of hydrogen-bond acceptors (Lipinski definition) is 3. The molecule has 2 unspecified atom stereocenters. The van der Waals surface area contributed by atoms with Crippen molar-refractivity contribution >= 4 is 17.8 Å². The zero-order chi connectivity index (χ0) is 15.4. The molecule has 0 aromatic heterocycles. The molecule has 0 radical (unpaired) electrons. The van der Waals surface area contributed by atoms with E-state index in [-0.39, 0.29) is 17.7 Å². The average Bonchev–Trinajstić information content (AvgIpc) is 2.93. The van der Waals surface area contributed by atoms with E-state index in [9.17, 15) is 4.79 Å². The molecule has 22 heavy (non-hydrogen) atoms. The lowest BCUT2D eigenvalue weighted by Gasteiger charge is -2.37. The highest BCUT2D eigenvalue weighted by atomic mass is 32.2. The fraction of sp³-hybridized carbons (Fsp3) is 0.588. The zero-order valence-corrected chi connectivity index (χ0v) is 13.9. The highest BCUT2D eigenvalue weighted by Gasteiger charge is 2.40. The maximum Gasteiger partial charge on any atom is 0.315 e. The highest BCUT2D eigenvalue weighted by Crippen LogP contribution is 2.38. The molecule has 2 saturated heterocycles. The highest BCUT2D eigenvalue weighted by molar-refractivity contribution is 7.99. The summed E-state index contributed by atoms with van der Waals surface area (Å²) in [4.78, 5) is 12.1. The van der Waals surface area contributed by atoms with Gasteiger partial charge in [0.2, 0.25) is 0 Å². The summed E-state index contributed by atoms with van der Waals surface area (Å²) in [6.07, 6.45) is 2.96. The van der Waals surface area contributed by atoms with E-state index < -0.39 is 0 Å². The molecule has 2 aliphatic rings. The molecular weight excluding hydrogens is 296 g/mol. The molecule has 0 bridgehead atoms. The van der Waals surface area contributed by atoms with Crippen LogP contribution in [0.2, 0.25) is 0 Å². The van der Waals surface area contributed by atoms with Crippen molar-refractivity contribution in [2.45, 2.75) is 44.4 Å². The number of benzene rings is 1. The molecule has 0 saturated carbocycles. The second kappa shape index (κ2) is 6.92. The largest absolute Gasteiger partial charge is 0.374 e. The molecule has 2 aliphatic heterocycles. The van der Waals surface area contributed by atoms with Gasteiger partial charge in [0.1, 0.15) is 0 Å². The van der Waals surface area contributed by atoms with Crippen molar-refractivity contribution in [3.8, 4) is 0 Å². The summed E-state index contributed by atoms with van der Waals surface area (Å²) in [5.74, 6) is 2.24. The van der Waals surface area contributed by atoms with E-state index in [0.29, 0.717) is 6.54 Å². The van der Waals surface area contributed by atoms with Crippen LogP contribution in [0, 0.1) is 6.92 Å². The summed E-state index contributed by atoms with van der Waals surface area (Å²) in [5, 5.41) is 6.07. The standard InChI is InChI=1S/C17H24N2O2S/c1-13-3-2-4-14(9-13)11-18-16(20)19-15-5-7-21-17(10-15)6-8-22-12-17/h2-4,9,15H,5-8,10-12H2,1H3,(H2,18,19,20). The molecule has 5 heteroatoms. The zero-order valence-electron chi connectivity index (χ0n) is 13.1. The lowest BCUT2D eigenvalue weighted by Crippen LogP contribution is -2.50. The fourth-order valence-corrected chi connectivity index (χ4v) is 4.63. The molecule has 2 amide bonds. The van der Waals surface area contributed by atoms with Crippen LogP contribution in [0.15, 0.2) is 24.3 Å². The molecule has 4 nitrogen and oxygen atoms in total. The van der Waals surface area contributed by atoms with Gasteiger partial charge >= 0.3 is 6.03 Å². The molecule has 1 aromatic carbocycles. The maximum absolute atomic E-state index is 12.1. The molecule has 1 spiro atoms. The summed E-state index contributed by atoms with van der Waals surface area (Å²) in [7, 11) is 0. The topological polar surface area (TPSA) is 50.4 Å². The molecule has 3 rings (SSSR count). The van der Waals surface area contributed by atoms with Crippen LogP contribution in [0.3, 0.4) is 0 Å². The van der Waals surface area contributed by atoms with Crippen molar-refractivity contribution in [3.63, 3.8) is 0 Å².